The third-order valence-corrected chi connectivity index (χ3v) is 1.87. The standard InChI is InChI=1S/C10H15NOS/c13-9-12-7-6-11-8-10-4-2-1-3-5-10/h1-5,11,13H,6-9H2. The van der Waals surface area contributed by atoms with Crippen LogP contribution in [0.25, 0.3) is 0 Å². The van der Waals surface area contributed by atoms with E-state index in [0.29, 0.717) is 5.94 Å². The van der Waals surface area contributed by atoms with Gasteiger partial charge in [-0.3, -0.25) is 0 Å². The first-order chi connectivity index (χ1) is 6.43. The van der Waals surface area contributed by atoms with Crippen LogP contribution in [0.3, 0.4) is 0 Å². The summed E-state index contributed by atoms with van der Waals surface area (Å²) in [6.07, 6.45) is 0. The molecule has 0 radical (unpaired) electrons. The first kappa shape index (κ1) is 10.6. The molecule has 3 heteroatoms. The van der Waals surface area contributed by atoms with Gasteiger partial charge in [0.15, 0.2) is 0 Å². The molecule has 0 aliphatic heterocycles. The molecule has 0 saturated carbocycles. The Hall–Kier alpha value is -0.510. The smallest absolute Gasteiger partial charge is 0.0893 e. The van der Waals surface area contributed by atoms with E-state index in [1.807, 2.05) is 18.2 Å². The van der Waals surface area contributed by atoms with Crippen molar-refractivity contribution >= 4 is 12.6 Å². The van der Waals surface area contributed by atoms with Gasteiger partial charge in [0.2, 0.25) is 0 Å². The van der Waals surface area contributed by atoms with Crippen molar-refractivity contribution in [1.82, 2.24) is 5.32 Å². The van der Waals surface area contributed by atoms with Crippen LogP contribution in [0.15, 0.2) is 30.3 Å². The summed E-state index contributed by atoms with van der Waals surface area (Å²) < 4.78 is 5.07. The van der Waals surface area contributed by atoms with E-state index in [4.69, 9.17) is 4.74 Å². The van der Waals surface area contributed by atoms with E-state index in [9.17, 15) is 0 Å². The van der Waals surface area contributed by atoms with E-state index in [1.165, 1.54) is 5.56 Å². The van der Waals surface area contributed by atoms with Crippen molar-refractivity contribution in [2.45, 2.75) is 6.54 Å². The maximum absolute atomic E-state index is 5.07. The fourth-order valence-electron chi connectivity index (χ4n) is 1.04. The molecule has 0 atom stereocenters. The molecular weight excluding hydrogens is 182 g/mol. The van der Waals surface area contributed by atoms with Gasteiger partial charge in [-0.05, 0) is 5.56 Å². The van der Waals surface area contributed by atoms with Crippen molar-refractivity contribution in [1.29, 1.82) is 0 Å². The van der Waals surface area contributed by atoms with Crippen molar-refractivity contribution in [2.24, 2.45) is 0 Å². The maximum atomic E-state index is 5.07. The highest BCUT2D eigenvalue weighted by atomic mass is 32.1. The third-order valence-electron chi connectivity index (χ3n) is 1.69. The molecule has 13 heavy (non-hydrogen) atoms. The van der Waals surface area contributed by atoms with Crippen LogP contribution in [0.1, 0.15) is 5.56 Å². The van der Waals surface area contributed by atoms with Crippen LogP contribution in [-0.2, 0) is 11.3 Å². The Morgan fingerprint density at radius 2 is 2.00 bits per heavy atom. The normalized spacial score (nSPS) is 10.2. The lowest BCUT2D eigenvalue weighted by molar-refractivity contribution is 0.185. The van der Waals surface area contributed by atoms with Gasteiger partial charge in [-0.2, -0.15) is 12.6 Å². The minimum Gasteiger partial charge on any atom is -0.370 e. The molecule has 2 nitrogen and oxygen atoms in total. The van der Waals surface area contributed by atoms with Gasteiger partial charge in [0, 0.05) is 13.1 Å². The summed E-state index contributed by atoms with van der Waals surface area (Å²) in [5.41, 5.74) is 1.30. The Balaban J connectivity index is 2.07. The molecule has 1 aromatic rings. The van der Waals surface area contributed by atoms with Gasteiger partial charge in [0.05, 0.1) is 12.5 Å². The van der Waals surface area contributed by atoms with Gasteiger partial charge in [-0.1, -0.05) is 30.3 Å². The molecule has 1 N–H and O–H groups in total. The number of rotatable bonds is 6. The molecule has 1 aromatic carbocycles. The molecule has 0 fully saturated rings. The Kier molecular flexibility index (Phi) is 5.65. The molecule has 0 bridgehead atoms. The summed E-state index contributed by atoms with van der Waals surface area (Å²) in [5, 5.41) is 3.28. The van der Waals surface area contributed by atoms with Crippen LogP contribution >= 0.6 is 12.6 Å². The highest BCUT2D eigenvalue weighted by Crippen LogP contribution is 1.96. The lowest BCUT2D eigenvalue weighted by Gasteiger charge is -2.04. The molecule has 0 unspecified atom stereocenters. The van der Waals surface area contributed by atoms with Gasteiger partial charge < -0.3 is 10.1 Å². The largest absolute Gasteiger partial charge is 0.370 e. The number of benzene rings is 1. The lowest BCUT2D eigenvalue weighted by Crippen LogP contribution is -2.18. The molecule has 72 valence electrons. The van der Waals surface area contributed by atoms with Crippen molar-refractivity contribution in [2.75, 3.05) is 19.1 Å². The van der Waals surface area contributed by atoms with Crippen LogP contribution < -0.4 is 5.32 Å². The average Bonchev–Trinajstić information content (AvgIpc) is 2.19. The van der Waals surface area contributed by atoms with Crippen LogP contribution in [0.4, 0.5) is 0 Å². The van der Waals surface area contributed by atoms with Crippen molar-refractivity contribution in [3.8, 4) is 0 Å². The zero-order valence-corrected chi connectivity index (χ0v) is 8.47. The second kappa shape index (κ2) is 6.95. The fourth-order valence-corrected chi connectivity index (χ4v) is 1.17. The van der Waals surface area contributed by atoms with Gasteiger partial charge in [-0.15, -0.1) is 0 Å². The average molecular weight is 197 g/mol. The second-order valence-electron chi connectivity index (χ2n) is 2.70. The molecular formula is C10H15NOS. The van der Waals surface area contributed by atoms with Crippen LogP contribution in [0, 0.1) is 0 Å². The van der Waals surface area contributed by atoms with Crippen molar-refractivity contribution in [3.05, 3.63) is 35.9 Å². The summed E-state index contributed by atoms with van der Waals surface area (Å²) in [5.74, 6) is 0.493. The first-order valence-corrected chi connectivity index (χ1v) is 5.00. The topological polar surface area (TPSA) is 21.3 Å². The maximum Gasteiger partial charge on any atom is 0.0893 e. The van der Waals surface area contributed by atoms with Gasteiger partial charge in [0.25, 0.3) is 0 Å². The van der Waals surface area contributed by atoms with Crippen LogP contribution in [-0.4, -0.2) is 19.1 Å². The summed E-state index contributed by atoms with van der Waals surface area (Å²) in [4.78, 5) is 0. The van der Waals surface area contributed by atoms with Gasteiger partial charge in [-0.25, -0.2) is 0 Å². The highest BCUT2D eigenvalue weighted by molar-refractivity contribution is 7.80. The molecule has 1 rings (SSSR count). The number of thiol groups is 1. The van der Waals surface area contributed by atoms with Gasteiger partial charge >= 0.3 is 0 Å². The van der Waals surface area contributed by atoms with E-state index < -0.39 is 0 Å². The number of hydrogen-bond acceptors (Lipinski definition) is 3. The molecule has 0 aliphatic carbocycles. The van der Waals surface area contributed by atoms with Gasteiger partial charge in [0.1, 0.15) is 0 Å². The summed E-state index contributed by atoms with van der Waals surface area (Å²) in [7, 11) is 0. The Bertz CT molecular complexity index is 215. The summed E-state index contributed by atoms with van der Waals surface area (Å²) in [6.45, 7) is 2.49. The SMILES string of the molecule is SCOCCNCc1ccccc1. The Morgan fingerprint density at radius 1 is 1.23 bits per heavy atom. The molecule has 0 aromatic heterocycles. The number of hydrogen-bond donors (Lipinski definition) is 2. The Morgan fingerprint density at radius 3 is 2.69 bits per heavy atom. The van der Waals surface area contributed by atoms with E-state index in [-0.39, 0.29) is 0 Å². The van der Waals surface area contributed by atoms with E-state index >= 15 is 0 Å². The minimum atomic E-state index is 0.493. The molecule has 0 amide bonds. The van der Waals surface area contributed by atoms with E-state index in [2.05, 4.69) is 30.1 Å². The first-order valence-electron chi connectivity index (χ1n) is 4.36. The fraction of sp³-hybridized carbons (Fsp3) is 0.400. The third kappa shape index (κ3) is 4.93. The second-order valence-corrected chi connectivity index (χ2v) is 2.96. The Labute approximate surface area is 84.7 Å². The van der Waals surface area contributed by atoms with E-state index in [0.717, 1.165) is 19.7 Å². The minimum absolute atomic E-state index is 0.493. The monoisotopic (exact) mass is 197 g/mol. The summed E-state index contributed by atoms with van der Waals surface area (Å²) in [6, 6.07) is 10.3. The zero-order valence-electron chi connectivity index (χ0n) is 7.57. The lowest BCUT2D eigenvalue weighted by atomic mass is 10.2. The summed E-state index contributed by atoms with van der Waals surface area (Å²) >= 11 is 3.94. The van der Waals surface area contributed by atoms with Crippen LogP contribution in [0.5, 0.6) is 0 Å². The number of nitrogens with one attached hydrogen (secondary N) is 1. The highest BCUT2D eigenvalue weighted by Gasteiger charge is 1.89. The van der Waals surface area contributed by atoms with Crippen LogP contribution in [0.2, 0.25) is 0 Å². The van der Waals surface area contributed by atoms with Crippen molar-refractivity contribution < 1.29 is 4.74 Å². The molecule has 0 aliphatic rings. The molecule has 0 saturated heterocycles. The zero-order chi connectivity index (χ0) is 9.36. The van der Waals surface area contributed by atoms with Crippen molar-refractivity contribution in [3.63, 3.8) is 0 Å². The predicted molar refractivity (Wildman–Crippen MR) is 58.0 cm³/mol. The van der Waals surface area contributed by atoms with E-state index in [1.54, 1.807) is 0 Å². The predicted octanol–water partition coefficient (Wildman–Crippen LogP) is 1.68. The quantitative estimate of drug-likeness (QED) is 0.411. The molecule has 0 heterocycles. The molecule has 0 spiro atoms. The number of ether oxygens (including phenoxy) is 1.